The summed E-state index contributed by atoms with van der Waals surface area (Å²) in [6.45, 7) is 5.55. The lowest BCUT2D eigenvalue weighted by Gasteiger charge is -2.37. The van der Waals surface area contributed by atoms with Crippen LogP contribution in [0.25, 0.3) is 0 Å². The molecular formula is C24H36N2O2. The fourth-order valence-electron chi connectivity index (χ4n) is 5.55. The summed E-state index contributed by atoms with van der Waals surface area (Å²) in [5.41, 5.74) is 1.44. The third kappa shape index (κ3) is 4.96. The number of likely N-dealkylation sites (tertiary alicyclic amines) is 2. The van der Waals surface area contributed by atoms with Crippen molar-refractivity contribution in [2.45, 2.75) is 57.5 Å². The third-order valence-corrected chi connectivity index (χ3v) is 7.43. The van der Waals surface area contributed by atoms with Gasteiger partial charge in [-0.05, 0) is 75.3 Å². The molecule has 28 heavy (non-hydrogen) atoms. The number of nitrogens with zero attached hydrogens (tertiary/aromatic N) is 2. The van der Waals surface area contributed by atoms with Crippen molar-refractivity contribution in [1.82, 2.24) is 9.80 Å². The lowest BCUT2D eigenvalue weighted by atomic mass is 9.82. The van der Waals surface area contributed by atoms with Crippen LogP contribution in [0.5, 0.6) is 0 Å². The Labute approximate surface area is 169 Å². The smallest absolute Gasteiger partial charge is 0.225 e. The van der Waals surface area contributed by atoms with Gasteiger partial charge in [-0.3, -0.25) is 4.79 Å². The van der Waals surface area contributed by atoms with Gasteiger partial charge in [-0.2, -0.15) is 0 Å². The van der Waals surface area contributed by atoms with Crippen LogP contribution >= 0.6 is 0 Å². The van der Waals surface area contributed by atoms with Crippen LogP contribution in [0.1, 0.15) is 50.5 Å². The summed E-state index contributed by atoms with van der Waals surface area (Å²) in [5.74, 6) is 2.14. The molecule has 4 rings (SSSR count). The summed E-state index contributed by atoms with van der Waals surface area (Å²) in [7, 11) is 0. The van der Waals surface area contributed by atoms with E-state index in [1.165, 1.54) is 44.5 Å². The Morgan fingerprint density at radius 1 is 0.893 bits per heavy atom. The van der Waals surface area contributed by atoms with Gasteiger partial charge in [0.25, 0.3) is 0 Å². The molecule has 154 valence electrons. The van der Waals surface area contributed by atoms with Crippen LogP contribution in [-0.2, 0) is 11.2 Å². The van der Waals surface area contributed by atoms with Gasteiger partial charge in [-0.15, -0.1) is 0 Å². The Kier molecular flexibility index (Phi) is 6.69. The van der Waals surface area contributed by atoms with Crippen LogP contribution in [0.2, 0.25) is 0 Å². The molecule has 1 saturated carbocycles. The van der Waals surface area contributed by atoms with E-state index < -0.39 is 0 Å². The molecule has 1 aromatic rings. The van der Waals surface area contributed by atoms with Crippen molar-refractivity contribution in [1.29, 1.82) is 0 Å². The number of carbonyl (C=O) groups is 1. The molecule has 0 radical (unpaired) electrons. The van der Waals surface area contributed by atoms with Crippen LogP contribution in [0, 0.1) is 17.8 Å². The van der Waals surface area contributed by atoms with Gasteiger partial charge in [-0.25, -0.2) is 0 Å². The quantitative estimate of drug-likeness (QED) is 0.847. The Hall–Kier alpha value is -1.39. The number of aliphatic hydroxyl groups is 1. The van der Waals surface area contributed by atoms with E-state index in [4.69, 9.17) is 0 Å². The lowest BCUT2D eigenvalue weighted by molar-refractivity contribution is -0.138. The molecule has 0 spiro atoms. The second-order valence-electron chi connectivity index (χ2n) is 9.25. The second-order valence-corrected chi connectivity index (χ2v) is 9.25. The van der Waals surface area contributed by atoms with E-state index in [0.29, 0.717) is 5.91 Å². The summed E-state index contributed by atoms with van der Waals surface area (Å²) >= 11 is 0. The number of rotatable bonds is 5. The first-order chi connectivity index (χ1) is 13.7. The van der Waals surface area contributed by atoms with E-state index in [-0.39, 0.29) is 12.0 Å². The van der Waals surface area contributed by atoms with Crippen molar-refractivity contribution in [3.63, 3.8) is 0 Å². The van der Waals surface area contributed by atoms with Gasteiger partial charge in [-0.1, -0.05) is 30.3 Å². The predicted octanol–water partition coefficient (Wildman–Crippen LogP) is 3.34. The van der Waals surface area contributed by atoms with Crippen LogP contribution in [0.15, 0.2) is 30.3 Å². The zero-order valence-corrected chi connectivity index (χ0v) is 17.1. The third-order valence-electron chi connectivity index (χ3n) is 7.43. The maximum absolute atomic E-state index is 12.8. The van der Waals surface area contributed by atoms with Crippen LogP contribution in [0.3, 0.4) is 0 Å². The predicted molar refractivity (Wildman–Crippen MR) is 112 cm³/mol. The van der Waals surface area contributed by atoms with Crippen molar-refractivity contribution >= 4 is 5.91 Å². The van der Waals surface area contributed by atoms with Crippen molar-refractivity contribution in [2.24, 2.45) is 17.8 Å². The zero-order chi connectivity index (χ0) is 19.3. The molecule has 1 atom stereocenters. The number of carbonyl (C=O) groups excluding carboxylic acids is 1. The minimum absolute atomic E-state index is 0.167. The molecule has 4 nitrogen and oxygen atoms in total. The summed E-state index contributed by atoms with van der Waals surface area (Å²) in [4.78, 5) is 17.6. The van der Waals surface area contributed by atoms with E-state index in [2.05, 4.69) is 40.1 Å². The van der Waals surface area contributed by atoms with E-state index in [9.17, 15) is 9.90 Å². The van der Waals surface area contributed by atoms with E-state index >= 15 is 0 Å². The van der Waals surface area contributed by atoms with Gasteiger partial charge in [0, 0.05) is 32.1 Å². The lowest BCUT2D eigenvalue weighted by Crippen LogP contribution is -2.44. The SMILES string of the molecule is O=C(C1CCC(O)CC1)N1CCC([C@@H]2CCN(CCc3ccccc3)C2)CC1. The fourth-order valence-corrected chi connectivity index (χ4v) is 5.55. The molecule has 4 heteroatoms. The summed E-state index contributed by atoms with van der Waals surface area (Å²) < 4.78 is 0. The first-order valence-corrected chi connectivity index (χ1v) is 11.4. The molecule has 2 heterocycles. The van der Waals surface area contributed by atoms with Gasteiger partial charge in [0.15, 0.2) is 0 Å². The van der Waals surface area contributed by atoms with Crippen molar-refractivity contribution in [3.05, 3.63) is 35.9 Å². The molecule has 3 aliphatic rings. The van der Waals surface area contributed by atoms with E-state index in [0.717, 1.165) is 57.0 Å². The standard InChI is InChI=1S/C24H36N2O2/c27-23-8-6-21(7-9-23)24(28)26-16-12-20(13-17-26)22-11-15-25(18-22)14-10-19-4-2-1-3-5-19/h1-5,20-23,27H,6-18H2/t21?,22-,23?/m1/s1. The first kappa shape index (κ1) is 19.9. The number of benzene rings is 1. The van der Waals surface area contributed by atoms with Crippen LogP contribution in [-0.4, -0.2) is 59.6 Å². The molecule has 0 aromatic heterocycles. The minimum atomic E-state index is -0.179. The highest BCUT2D eigenvalue weighted by atomic mass is 16.3. The largest absolute Gasteiger partial charge is 0.393 e. The first-order valence-electron chi connectivity index (χ1n) is 11.4. The Morgan fingerprint density at radius 2 is 1.57 bits per heavy atom. The van der Waals surface area contributed by atoms with Gasteiger partial charge >= 0.3 is 0 Å². The van der Waals surface area contributed by atoms with Crippen LogP contribution < -0.4 is 0 Å². The molecule has 0 unspecified atom stereocenters. The molecule has 1 aliphatic carbocycles. The molecule has 3 fully saturated rings. The fraction of sp³-hybridized carbons (Fsp3) is 0.708. The maximum atomic E-state index is 12.8. The van der Waals surface area contributed by atoms with Gasteiger partial charge in [0.2, 0.25) is 5.91 Å². The normalized spacial score (nSPS) is 29.9. The van der Waals surface area contributed by atoms with Crippen molar-refractivity contribution in [3.8, 4) is 0 Å². The Bertz CT molecular complexity index is 619. The number of piperidine rings is 1. The highest BCUT2D eigenvalue weighted by Crippen LogP contribution is 2.33. The molecular weight excluding hydrogens is 348 g/mol. The molecule has 2 aliphatic heterocycles. The average Bonchev–Trinajstić information content (AvgIpc) is 3.22. The Balaban J connectivity index is 1.18. The molecule has 1 N–H and O–H groups in total. The Morgan fingerprint density at radius 3 is 2.29 bits per heavy atom. The molecule has 1 amide bonds. The average molecular weight is 385 g/mol. The highest BCUT2D eigenvalue weighted by molar-refractivity contribution is 5.79. The minimum Gasteiger partial charge on any atom is -0.393 e. The number of hydrogen-bond acceptors (Lipinski definition) is 3. The number of amides is 1. The molecule has 1 aromatic carbocycles. The van der Waals surface area contributed by atoms with Crippen molar-refractivity contribution in [2.75, 3.05) is 32.7 Å². The highest BCUT2D eigenvalue weighted by Gasteiger charge is 2.35. The van der Waals surface area contributed by atoms with Gasteiger partial charge in [0.05, 0.1) is 6.10 Å². The monoisotopic (exact) mass is 384 g/mol. The summed E-state index contributed by atoms with van der Waals surface area (Å²) in [6.07, 6.45) is 8.00. The van der Waals surface area contributed by atoms with Gasteiger partial charge < -0.3 is 14.9 Å². The summed E-state index contributed by atoms with van der Waals surface area (Å²) in [6, 6.07) is 10.8. The van der Waals surface area contributed by atoms with E-state index in [1.54, 1.807) is 0 Å². The van der Waals surface area contributed by atoms with Crippen LogP contribution in [0.4, 0.5) is 0 Å². The van der Waals surface area contributed by atoms with Gasteiger partial charge in [0.1, 0.15) is 0 Å². The molecule has 2 saturated heterocycles. The topological polar surface area (TPSA) is 43.8 Å². The van der Waals surface area contributed by atoms with E-state index in [1.807, 2.05) is 0 Å². The summed E-state index contributed by atoms with van der Waals surface area (Å²) in [5, 5.41) is 9.67. The number of hydrogen-bond donors (Lipinski definition) is 1. The number of aliphatic hydroxyl groups excluding tert-OH is 1. The maximum Gasteiger partial charge on any atom is 0.225 e. The zero-order valence-electron chi connectivity index (χ0n) is 17.1. The van der Waals surface area contributed by atoms with Crippen molar-refractivity contribution < 1.29 is 9.90 Å². The molecule has 0 bridgehead atoms. The second kappa shape index (κ2) is 9.41.